The molecule has 1 aromatic heterocycles. The number of amides is 1. The second kappa shape index (κ2) is 6.40. The highest BCUT2D eigenvalue weighted by molar-refractivity contribution is 6.03. The number of nitrogens with one attached hydrogen (secondary N) is 1. The molecule has 1 fully saturated rings. The van der Waals surface area contributed by atoms with Gasteiger partial charge < -0.3 is 19.9 Å². The number of aryl methyl sites for hydroxylation is 1. The zero-order valence-electron chi connectivity index (χ0n) is 15.5. The van der Waals surface area contributed by atoms with Crippen molar-refractivity contribution >= 4 is 29.0 Å². The van der Waals surface area contributed by atoms with Crippen LogP contribution in [0.3, 0.4) is 0 Å². The molecule has 3 heterocycles. The van der Waals surface area contributed by atoms with Crippen LogP contribution in [0.25, 0.3) is 0 Å². The minimum atomic E-state index is -0.0381. The highest BCUT2D eigenvalue weighted by atomic mass is 16.5. The van der Waals surface area contributed by atoms with Gasteiger partial charge in [-0.3, -0.25) is 4.79 Å². The Hall–Kier alpha value is -2.83. The summed E-state index contributed by atoms with van der Waals surface area (Å²) in [6.07, 6.45) is 5.42. The first-order valence-corrected chi connectivity index (χ1v) is 9.63. The van der Waals surface area contributed by atoms with Gasteiger partial charge in [-0.1, -0.05) is 0 Å². The quantitative estimate of drug-likeness (QED) is 0.902. The molecule has 0 atom stereocenters. The molecule has 3 aliphatic rings. The van der Waals surface area contributed by atoms with Crippen LogP contribution in [0, 0.1) is 0 Å². The number of hydrogen-bond acceptors (Lipinski definition) is 6. The van der Waals surface area contributed by atoms with Crippen molar-refractivity contribution in [3.05, 3.63) is 29.5 Å². The van der Waals surface area contributed by atoms with Gasteiger partial charge in [0.05, 0.1) is 24.2 Å². The standard InChI is InChI=1S/C20H23N5O2/c1-27-13-7-8-17-16(11-13)21-18(26)12-25(17)19-14-5-4-6-15(14)22-20(23-19)24-9-2-3-10-24/h7-8,11H,2-6,9-10,12H2,1H3,(H,21,26). The number of ether oxygens (including phenoxy) is 1. The molecule has 1 amide bonds. The number of anilines is 4. The molecular weight excluding hydrogens is 342 g/mol. The van der Waals surface area contributed by atoms with Crippen LogP contribution in [0.4, 0.5) is 23.1 Å². The van der Waals surface area contributed by atoms with Crippen LogP contribution >= 0.6 is 0 Å². The summed E-state index contributed by atoms with van der Waals surface area (Å²) in [7, 11) is 1.63. The van der Waals surface area contributed by atoms with Gasteiger partial charge in [-0.25, -0.2) is 4.98 Å². The minimum absolute atomic E-state index is 0.0381. The first-order chi connectivity index (χ1) is 13.2. The van der Waals surface area contributed by atoms with Crippen LogP contribution in [-0.2, 0) is 17.6 Å². The molecule has 140 valence electrons. The summed E-state index contributed by atoms with van der Waals surface area (Å²) in [5.41, 5.74) is 4.05. The number of hydrogen-bond donors (Lipinski definition) is 1. The third-order valence-corrected chi connectivity index (χ3v) is 5.61. The zero-order chi connectivity index (χ0) is 18.4. The van der Waals surface area contributed by atoms with E-state index in [0.717, 1.165) is 66.9 Å². The van der Waals surface area contributed by atoms with E-state index in [1.54, 1.807) is 7.11 Å². The van der Waals surface area contributed by atoms with E-state index in [1.807, 2.05) is 23.1 Å². The van der Waals surface area contributed by atoms with Gasteiger partial charge in [0, 0.05) is 24.7 Å². The van der Waals surface area contributed by atoms with Crippen molar-refractivity contribution in [2.24, 2.45) is 0 Å². The fourth-order valence-corrected chi connectivity index (χ4v) is 4.27. The molecule has 1 N–H and O–H groups in total. The summed E-state index contributed by atoms with van der Waals surface area (Å²) >= 11 is 0. The predicted molar refractivity (Wildman–Crippen MR) is 104 cm³/mol. The van der Waals surface area contributed by atoms with E-state index in [1.165, 1.54) is 18.4 Å². The molecule has 7 nitrogen and oxygen atoms in total. The number of nitrogens with zero attached hydrogens (tertiary/aromatic N) is 4. The molecule has 0 bridgehead atoms. The Morgan fingerprint density at radius 2 is 1.96 bits per heavy atom. The molecule has 27 heavy (non-hydrogen) atoms. The molecule has 0 unspecified atom stereocenters. The lowest BCUT2D eigenvalue weighted by atomic mass is 10.1. The normalized spacial score (nSPS) is 18.3. The zero-order valence-corrected chi connectivity index (χ0v) is 15.5. The van der Waals surface area contributed by atoms with Crippen molar-refractivity contribution in [3.63, 3.8) is 0 Å². The van der Waals surface area contributed by atoms with Crippen LogP contribution in [0.5, 0.6) is 5.75 Å². The van der Waals surface area contributed by atoms with Crippen molar-refractivity contribution < 1.29 is 9.53 Å². The third-order valence-electron chi connectivity index (χ3n) is 5.61. The number of carbonyl (C=O) groups excluding carboxylic acids is 1. The Kier molecular flexibility index (Phi) is 3.88. The van der Waals surface area contributed by atoms with Crippen molar-refractivity contribution in [3.8, 4) is 5.75 Å². The van der Waals surface area contributed by atoms with Gasteiger partial charge in [0.2, 0.25) is 11.9 Å². The van der Waals surface area contributed by atoms with Crippen molar-refractivity contribution in [1.29, 1.82) is 0 Å². The maximum Gasteiger partial charge on any atom is 0.244 e. The number of benzene rings is 1. The Morgan fingerprint density at radius 3 is 2.78 bits per heavy atom. The summed E-state index contributed by atoms with van der Waals surface area (Å²) in [6.45, 7) is 2.28. The maximum absolute atomic E-state index is 12.4. The number of carbonyl (C=O) groups is 1. The monoisotopic (exact) mass is 365 g/mol. The van der Waals surface area contributed by atoms with E-state index in [2.05, 4.69) is 10.2 Å². The second-order valence-corrected chi connectivity index (χ2v) is 7.34. The van der Waals surface area contributed by atoms with Crippen molar-refractivity contribution in [2.45, 2.75) is 32.1 Å². The lowest BCUT2D eigenvalue weighted by molar-refractivity contribution is -0.115. The summed E-state index contributed by atoms with van der Waals surface area (Å²) in [5, 5.41) is 2.96. The van der Waals surface area contributed by atoms with Gasteiger partial charge in [0.25, 0.3) is 0 Å². The van der Waals surface area contributed by atoms with Crippen molar-refractivity contribution in [2.75, 3.05) is 41.9 Å². The van der Waals surface area contributed by atoms with E-state index >= 15 is 0 Å². The van der Waals surface area contributed by atoms with Gasteiger partial charge in [-0.15, -0.1) is 0 Å². The van der Waals surface area contributed by atoms with Gasteiger partial charge in [-0.05, 0) is 44.2 Å². The lowest BCUT2D eigenvalue weighted by Gasteiger charge is -2.32. The predicted octanol–water partition coefficient (Wildman–Crippen LogP) is 2.66. The van der Waals surface area contributed by atoms with Gasteiger partial charge in [0.15, 0.2) is 0 Å². The Morgan fingerprint density at radius 1 is 1.11 bits per heavy atom. The topological polar surface area (TPSA) is 70.6 Å². The third kappa shape index (κ3) is 2.78. The van der Waals surface area contributed by atoms with E-state index in [-0.39, 0.29) is 12.5 Å². The Labute approximate surface area is 158 Å². The summed E-state index contributed by atoms with van der Waals surface area (Å²) < 4.78 is 5.31. The second-order valence-electron chi connectivity index (χ2n) is 7.34. The van der Waals surface area contributed by atoms with E-state index in [0.29, 0.717) is 0 Å². The average molecular weight is 365 g/mol. The largest absolute Gasteiger partial charge is 0.497 e. The highest BCUT2D eigenvalue weighted by Gasteiger charge is 2.31. The van der Waals surface area contributed by atoms with E-state index < -0.39 is 0 Å². The van der Waals surface area contributed by atoms with Crippen LogP contribution < -0.4 is 19.9 Å². The van der Waals surface area contributed by atoms with Gasteiger partial charge >= 0.3 is 0 Å². The summed E-state index contributed by atoms with van der Waals surface area (Å²) in [4.78, 5) is 26.5. The van der Waals surface area contributed by atoms with Crippen LogP contribution in [-0.4, -0.2) is 42.6 Å². The molecule has 7 heteroatoms. The van der Waals surface area contributed by atoms with Crippen LogP contribution in [0.1, 0.15) is 30.5 Å². The van der Waals surface area contributed by atoms with Crippen LogP contribution in [0.15, 0.2) is 18.2 Å². The van der Waals surface area contributed by atoms with Gasteiger partial charge in [-0.2, -0.15) is 4.98 Å². The minimum Gasteiger partial charge on any atom is -0.497 e. The maximum atomic E-state index is 12.4. The molecule has 1 saturated heterocycles. The number of rotatable bonds is 3. The molecule has 2 aliphatic heterocycles. The highest BCUT2D eigenvalue weighted by Crippen LogP contribution is 2.40. The molecule has 5 rings (SSSR count). The van der Waals surface area contributed by atoms with Crippen molar-refractivity contribution in [1.82, 2.24) is 9.97 Å². The molecule has 1 aliphatic carbocycles. The molecule has 1 aromatic carbocycles. The van der Waals surface area contributed by atoms with E-state index in [9.17, 15) is 4.79 Å². The fraction of sp³-hybridized carbons (Fsp3) is 0.450. The van der Waals surface area contributed by atoms with Crippen LogP contribution in [0.2, 0.25) is 0 Å². The fourth-order valence-electron chi connectivity index (χ4n) is 4.27. The molecule has 0 radical (unpaired) electrons. The molecule has 0 spiro atoms. The number of aromatic nitrogens is 2. The smallest absolute Gasteiger partial charge is 0.244 e. The average Bonchev–Trinajstić information content (AvgIpc) is 3.37. The van der Waals surface area contributed by atoms with E-state index in [4.69, 9.17) is 14.7 Å². The summed E-state index contributed by atoms with van der Waals surface area (Å²) in [6, 6.07) is 5.78. The number of fused-ring (bicyclic) bond motifs is 2. The first kappa shape index (κ1) is 16.4. The SMILES string of the molecule is COc1ccc2c(c1)NC(=O)CN2c1nc(N2CCCC2)nc2c1CCC2. The first-order valence-electron chi connectivity index (χ1n) is 9.63. The molecule has 2 aromatic rings. The Balaban J connectivity index is 1.63. The molecular formula is C20H23N5O2. The summed E-state index contributed by atoms with van der Waals surface area (Å²) in [5.74, 6) is 2.38. The van der Waals surface area contributed by atoms with Gasteiger partial charge in [0.1, 0.15) is 18.1 Å². The molecule has 0 saturated carbocycles. The number of methoxy groups -OCH3 is 1. The lowest BCUT2D eigenvalue weighted by Crippen LogP contribution is -2.36. The Bertz CT molecular complexity index is 907.